The third-order valence-corrected chi connectivity index (χ3v) is 7.99. The number of rotatable bonds is 10. The summed E-state index contributed by atoms with van der Waals surface area (Å²) in [6.45, 7) is 1.88. The average Bonchev–Trinajstić information content (AvgIpc) is 2.66. The Hall–Kier alpha value is -0.0700. The molecule has 4 atom stereocenters. The van der Waals surface area contributed by atoms with Crippen LogP contribution in [-0.2, 0) is 33.2 Å². The monoisotopic (exact) mass is 425 g/mol. The number of thioether (sulfide) groups is 2. The SMILES string of the molecule is COCO[C@H]1[C@H](OCOC)[C@H](OCOC)CC2(SCCCS2)[C@@H]1NC(C)=O. The van der Waals surface area contributed by atoms with E-state index < -0.39 is 12.2 Å². The summed E-state index contributed by atoms with van der Waals surface area (Å²) in [5.74, 6) is 1.96. The first-order chi connectivity index (χ1) is 13.1. The number of carbonyl (C=O) groups excluding carboxylic acids is 1. The molecule has 0 aromatic carbocycles. The Kier molecular flexibility index (Phi) is 10.2. The summed E-state index contributed by atoms with van der Waals surface area (Å²) >= 11 is 3.71. The zero-order valence-electron chi connectivity index (χ0n) is 16.4. The molecule has 10 heteroatoms. The zero-order chi connectivity index (χ0) is 19.7. The van der Waals surface area contributed by atoms with Gasteiger partial charge in [-0.05, 0) is 17.9 Å². The normalized spacial score (nSPS) is 30.4. The van der Waals surface area contributed by atoms with E-state index in [4.69, 9.17) is 28.4 Å². The maximum Gasteiger partial charge on any atom is 0.217 e. The number of methoxy groups -OCH3 is 3. The molecule has 2 fully saturated rings. The minimum atomic E-state index is -0.447. The van der Waals surface area contributed by atoms with Crippen LogP contribution in [0.15, 0.2) is 0 Å². The first-order valence-electron chi connectivity index (χ1n) is 8.94. The molecule has 2 aliphatic rings. The van der Waals surface area contributed by atoms with Crippen LogP contribution in [0.1, 0.15) is 19.8 Å². The van der Waals surface area contributed by atoms with Gasteiger partial charge in [0.2, 0.25) is 5.91 Å². The van der Waals surface area contributed by atoms with Crippen molar-refractivity contribution in [1.82, 2.24) is 5.32 Å². The second kappa shape index (κ2) is 11.8. The number of amides is 1. The Labute approximate surface area is 169 Å². The molecule has 1 aliphatic heterocycles. The van der Waals surface area contributed by atoms with Gasteiger partial charge in [-0.2, -0.15) is 0 Å². The maximum atomic E-state index is 12.0. The number of hydrogen-bond acceptors (Lipinski definition) is 9. The molecule has 0 aromatic rings. The molecule has 2 rings (SSSR count). The van der Waals surface area contributed by atoms with Crippen molar-refractivity contribution < 1.29 is 33.2 Å². The lowest BCUT2D eigenvalue weighted by molar-refractivity contribution is -0.226. The van der Waals surface area contributed by atoms with E-state index in [2.05, 4.69) is 5.32 Å². The smallest absolute Gasteiger partial charge is 0.217 e. The molecule has 8 nitrogen and oxygen atoms in total. The van der Waals surface area contributed by atoms with Gasteiger partial charge in [0.05, 0.1) is 16.2 Å². The Morgan fingerprint density at radius 3 is 2.07 bits per heavy atom. The molecule has 1 spiro atoms. The van der Waals surface area contributed by atoms with Crippen LogP contribution in [0.4, 0.5) is 0 Å². The van der Waals surface area contributed by atoms with Crippen molar-refractivity contribution in [2.75, 3.05) is 53.2 Å². The fraction of sp³-hybridized carbons (Fsp3) is 0.941. The fourth-order valence-electron chi connectivity index (χ4n) is 3.47. The lowest BCUT2D eigenvalue weighted by atomic mass is 9.86. The van der Waals surface area contributed by atoms with E-state index in [9.17, 15) is 4.79 Å². The van der Waals surface area contributed by atoms with E-state index in [-0.39, 0.29) is 42.5 Å². The lowest BCUT2D eigenvalue weighted by Gasteiger charge is -2.53. The van der Waals surface area contributed by atoms with Crippen LogP contribution in [-0.4, -0.2) is 87.6 Å². The van der Waals surface area contributed by atoms with Gasteiger partial charge in [0.25, 0.3) is 0 Å². The van der Waals surface area contributed by atoms with Crippen molar-refractivity contribution in [2.45, 2.75) is 48.2 Å². The molecular weight excluding hydrogens is 394 g/mol. The maximum absolute atomic E-state index is 12.0. The van der Waals surface area contributed by atoms with Crippen LogP contribution in [0, 0.1) is 0 Å². The first-order valence-corrected chi connectivity index (χ1v) is 10.9. The van der Waals surface area contributed by atoms with Crippen LogP contribution in [0.25, 0.3) is 0 Å². The summed E-state index contributed by atoms with van der Waals surface area (Å²) in [5, 5.41) is 3.12. The van der Waals surface area contributed by atoms with E-state index in [0.29, 0.717) is 6.42 Å². The summed E-state index contributed by atoms with van der Waals surface area (Å²) in [6.07, 6.45) is 0.710. The molecule has 158 valence electrons. The minimum absolute atomic E-state index is 0.0933. The van der Waals surface area contributed by atoms with Gasteiger partial charge in [0, 0.05) is 34.7 Å². The average molecular weight is 426 g/mol. The van der Waals surface area contributed by atoms with Crippen LogP contribution < -0.4 is 5.32 Å². The van der Waals surface area contributed by atoms with E-state index in [0.717, 1.165) is 17.9 Å². The Bertz CT molecular complexity index is 451. The largest absolute Gasteiger partial charge is 0.359 e. The van der Waals surface area contributed by atoms with Crippen LogP contribution in [0.2, 0.25) is 0 Å². The van der Waals surface area contributed by atoms with Crippen LogP contribution >= 0.6 is 23.5 Å². The molecule has 1 aliphatic carbocycles. The molecule has 0 unspecified atom stereocenters. The predicted octanol–water partition coefficient (Wildman–Crippen LogP) is 1.43. The van der Waals surface area contributed by atoms with E-state index >= 15 is 0 Å². The van der Waals surface area contributed by atoms with Gasteiger partial charge in [-0.1, -0.05) is 0 Å². The highest BCUT2D eigenvalue weighted by Gasteiger charge is 2.57. The molecular formula is C17H31NO7S2. The zero-order valence-corrected chi connectivity index (χ0v) is 18.1. The van der Waals surface area contributed by atoms with Crippen molar-refractivity contribution in [1.29, 1.82) is 0 Å². The molecule has 27 heavy (non-hydrogen) atoms. The van der Waals surface area contributed by atoms with E-state index in [1.165, 1.54) is 6.92 Å². The highest BCUT2D eigenvalue weighted by molar-refractivity contribution is 8.18. The summed E-state index contributed by atoms with van der Waals surface area (Å²) in [5.41, 5.74) is 0. The van der Waals surface area contributed by atoms with E-state index in [1.807, 2.05) is 23.5 Å². The molecule has 1 heterocycles. The van der Waals surface area contributed by atoms with Gasteiger partial charge in [-0.25, -0.2) is 0 Å². The summed E-state index contributed by atoms with van der Waals surface area (Å²) in [4.78, 5) is 12.0. The number of carbonyl (C=O) groups is 1. The van der Waals surface area contributed by atoms with Gasteiger partial charge in [0.1, 0.15) is 32.6 Å². The highest BCUT2D eigenvalue weighted by atomic mass is 32.2. The van der Waals surface area contributed by atoms with Gasteiger partial charge >= 0.3 is 0 Å². The molecule has 0 radical (unpaired) electrons. The van der Waals surface area contributed by atoms with Crippen molar-refractivity contribution in [3.8, 4) is 0 Å². The third-order valence-electron chi connectivity index (χ3n) is 4.48. The number of ether oxygens (including phenoxy) is 6. The summed E-state index contributed by atoms with van der Waals surface area (Å²) in [7, 11) is 4.73. The number of hydrogen-bond donors (Lipinski definition) is 1. The molecule has 1 saturated carbocycles. The molecule has 0 bridgehead atoms. The van der Waals surface area contributed by atoms with Crippen molar-refractivity contribution >= 4 is 29.4 Å². The van der Waals surface area contributed by atoms with Gasteiger partial charge in [-0.3, -0.25) is 4.79 Å². The van der Waals surface area contributed by atoms with Crippen molar-refractivity contribution in [3.05, 3.63) is 0 Å². The fourth-order valence-corrected chi connectivity index (χ4v) is 7.06. The van der Waals surface area contributed by atoms with Crippen molar-refractivity contribution in [2.24, 2.45) is 0 Å². The predicted molar refractivity (Wildman–Crippen MR) is 105 cm³/mol. The second-order valence-electron chi connectivity index (χ2n) is 6.43. The molecule has 1 N–H and O–H groups in total. The highest BCUT2D eigenvalue weighted by Crippen LogP contribution is 2.53. The summed E-state index contributed by atoms with van der Waals surface area (Å²) < 4.78 is 33.1. The third kappa shape index (κ3) is 6.20. The number of nitrogens with one attached hydrogen (secondary N) is 1. The molecule has 1 saturated heterocycles. The van der Waals surface area contributed by atoms with Gasteiger partial charge < -0.3 is 33.7 Å². The van der Waals surface area contributed by atoms with Gasteiger partial charge in [-0.15, -0.1) is 23.5 Å². The quantitative estimate of drug-likeness (QED) is 0.523. The Morgan fingerprint density at radius 1 is 0.963 bits per heavy atom. The van der Waals surface area contributed by atoms with Crippen LogP contribution in [0.3, 0.4) is 0 Å². The van der Waals surface area contributed by atoms with Gasteiger partial charge in [0.15, 0.2) is 0 Å². The molecule has 1 amide bonds. The topological polar surface area (TPSA) is 84.5 Å². The second-order valence-corrected chi connectivity index (χ2v) is 9.54. The minimum Gasteiger partial charge on any atom is -0.359 e. The Balaban J connectivity index is 2.35. The first kappa shape index (κ1) is 23.2. The van der Waals surface area contributed by atoms with E-state index in [1.54, 1.807) is 21.3 Å². The van der Waals surface area contributed by atoms with Crippen LogP contribution in [0.5, 0.6) is 0 Å². The Morgan fingerprint density at radius 2 is 1.52 bits per heavy atom. The van der Waals surface area contributed by atoms with Crippen molar-refractivity contribution in [3.63, 3.8) is 0 Å². The standard InChI is InChI=1S/C17H31NO7S2/c1-12(19)18-16-15(25-11-22-4)14(24-10-21-3)13(23-9-20-2)8-17(16)26-6-5-7-27-17/h13-16H,5-11H2,1-4H3,(H,18,19)/t13-,14-,15+,16-/m1/s1. The lowest BCUT2D eigenvalue weighted by Crippen LogP contribution is -2.68. The molecule has 0 aromatic heterocycles. The summed E-state index contributed by atoms with van der Waals surface area (Å²) in [6, 6.07) is -0.246.